The molecule has 5 heteroatoms. The molecule has 0 amide bonds. The zero-order valence-corrected chi connectivity index (χ0v) is 5.67. The van der Waals surface area contributed by atoms with Crippen molar-refractivity contribution in [2.45, 2.75) is 0 Å². The maximum Gasteiger partial charge on any atom is 0.344 e. The van der Waals surface area contributed by atoms with E-state index in [4.69, 9.17) is 9.79 Å². The molecule has 0 saturated heterocycles. The minimum atomic E-state index is -3.92. The molecule has 2 N–H and O–H groups in total. The summed E-state index contributed by atoms with van der Waals surface area (Å²) in [6.07, 6.45) is 0.854. The van der Waals surface area contributed by atoms with Gasteiger partial charge in [0.15, 0.2) is 0 Å². The molecule has 0 rings (SSSR count). The highest BCUT2D eigenvalue weighted by Gasteiger charge is 2.13. The summed E-state index contributed by atoms with van der Waals surface area (Å²) in [5.41, 5.74) is 0. The summed E-state index contributed by atoms with van der Waals surface area (Å²) in [6, 6.07) is 0. The second kappa shape index (κ2) is 2.60. The van der Waals surface area contributed by atoms with E-state index in [-0.39, 0.29) is 0 Å². The maximum absolute atomic E-state index is 10.0. The Morgan fingerprint density at radius 1 is 1.50 bits per heavy atom. The third-order valence-corrected chi connectivity index (χ3v) is 1.14. The molecule has 0 saturated carbocycles. The minimum Gasteiger partial charge on any atom is -0.323 e. The average molecular weight is 138 g/mol. The van der Waals surface area contributed by atoms with Crippen LogP contribution in [0.3, 0.4) is 0 Å². The lowest BCUT2D eigenvalue weighted by atomic mass is 11.0. The van der Waals surface area contributed by atoms with E-state index >= 15 is 0 Å². The van der Waals surface area contributed by atoms with Crippen LogP contribution >= 0.6 is 7.60 Å². The van der Waals surface area contributed by atoms with Crippen molar-refractivity contribution in [3.8, 4) is 0 Å². The Labute approximate surface area is 48.3 Å². The van der Waals surface area contributed by atoms with Gasteiger partial charge in [-0.2, -0.15) is 0 Å². The smallest absolute Gasteiger partial charge is 0.323 e. The summed E-state index contributed by atoms with van der Waals surface area (Å²) in [7, 11) is -0.812. The molecule has 0 fully saturated rings. The van der Waals surface area contributed by atoms with Crippen molar-refractivity contribution < 1.29 is 14.4 Å². The standard InChI is InChI=1S/C3H9NO3P/c1-4(2)3-8(5,6)7/h3H,1-2H3,(H2,5,6,7). The maximum atomic E-state index is 10.0. The van der Waals surface area contributed by atoms with Crippen LogP contribution in [0.15, 0.2) is 0 Å². The molecule has 0 bridgehead atoms. The van der Waals surface area contributed by atoms with Crippen LogP contribution in [0.1, 0.15) is 0 Å². The first-order valence-corrected chi connectivity index (χ1v) is 3.67. The first-order valence-electron chi connectivity index (χ1n) is 1.99. The summed E-state index contributed by atoms with van der Waals surface area (Å²) in [5.74, 6) is 0. The van der Waals surface area contributed by atoms with Crippen LogP contribution in [0, 0.1) is 6.29 Å². The molecule has 4 nitrogen and oxygen atoms in total. The van der Waals surface area contributed by atoms with Crippen LogP contribution in [0.5, 0.6) is 0 Å². The Morgan fingerprint density at radius 3 is 1.88 bits per heavy atom. The van der Waals surface area contributed by atoms with E-state index in [1.54, 1.807) is 14.1 Å². The summed E-state index contributed by atoms with van der Waals surface area (Å²) in [4.78, 5) is 17.7. The number of nitrogens with zero attached hydrogens (tertiary/aromatic N) is 1. The molecule has 0 atom stereocenters. The second-order valence-electron chi connectivity index (χ2n) is 1.67. The predicted octanol–water partition coefficient (Wildman–Crippen LogP) is -0.155. The molecule has 0 heterocycles. The molecule has 0 aliphatic rings. The van der Waals surface area contributed by atoms with Crippen molar-refractivity contribution in [1.29, 1.82) is 0 Å². The van der Waals surface area contributed by atoms with E-state index in [0.717, 1.165) is 6.29 Å². The average Bonchev–Trinajstić information content (AvgIpc) is 1.21. The fourth-order valence-corrected chi connectivity index (χ4v) is 0.903. The lowest BCUT2D eigenvalue weighted by Crippen LogP contribution is -2.06. The Kier molecular flexibility index (Phi) is 2.63. The van der Waals surface area contributed by atoms with Gasteiger partial charge >= 0.3 is 7.60 Å². The van der Waals surface area contributed by atoms with Crippen LogP contribution in [0.25, 0.3) is 0 Å². The number of hydrogen-bond acceptors (Lipinski definition) is 2. The van der Waals surface area contributed by atoms with Gasteiger partial charge in [0.1, 0.15) is 6.29 Å². The first kappa shape index (κ1) is 8.11. The number of rotatable bonds is 2. The van der Waals surface area contributed by atoms with Gasteiger partial charge in [-0.1, -0.05) is 0 Å². The van der Waals surface area contributed by atoms with Crippen LogP contribution < -0.4 is 0 Å². The van der Waals surface area contributed by atoms with Crippen LogP contribution in [0.2, 0.25) is 0 Å². The van der Waals surface area contributed by atoms with Gasteiger partial charge in [-0.3, -0.25) is 9.46 Å². The molecule has 0 aliphatic carbocycles. The summed E-state index contributed by atoms with van der Waals surface area (Å²) in [6.45, 7) is 0. The van der Waals surface area contributed by atoms with Gasteiger partial charge in [0.2, 0.25) is 0 Å². The second-order valence-corrected chi connectivity index (χ2v) is 3.08. The molecule has 1 radical (unpaired) electrons. The third kappa shape index (κ3) is 6.11. The van der Waals surface area contributed by atoms with Gasteiger partial charge in [0.05, 0.1) is 0 Å². The van der Waals surface area contributed by atoms with Crippen molar-refractivity contribution in [2.24, 2.45) is 0 Å². The monoisotopic (exact) mass is 138 g/mol. The van der Waals surface area contributed by atoms with Gasteiger partial charge in [-0.25, -0.2) is 0 Å². The molecule has 0 aliphatic heterocycles. The molecular formula is C3H9NO3P. The van der Waals surface area contributed by atoms with Gasteiger partial charge < -0.3 is 9.79 Å². The van der Waals surface area contributed by atoms with Gasteiger partial charge in [-0.05, 0) is 14.1 Å². The molecular weight excluding hydrogens is 129 g/mol. The van der Waals surface area contributed by atoms with Crippen molar-refractivity contribution in [3.63, 3.8) is 0 Å². The third-order valence-electron chi connectivity index (χ3n) is 0.381. The Hall–Kier alpha value is 0.110. The van der Waals surface area contributed by atoms with Gasteiger partial charge in [-0.15, -0.1) is 0 Å². The highest BCUT2D eigenvalue weighted by Crippen LogP contribution is 2.38. The van der Waals surface area contributed by atoms with Crippen molar-refractivity contribution in [1.82, 2.24) is 4.90 Å². The molecule has 0 aromatic carbocycles. The van der Waals surface area contributed by atoms with E-state index in [2.05, 4.69) is 0 Å². The zero-order valence-electron chi connectivity index (χ0n) is 4.77. The Morgan fingerprint density at radius 2 is 1.88 bits per heavy atom. The van der Waals surface area contributed by atoms with E-state index in [1.165, 1.54) is 4.90 Å². The highest BCUT2D eigenvalue weighted by molar-refractivity contribution is 7.54. The number of hydrogen-bond donors (Lipinski definition) is 2. The first-order chi connectivity index (χ1) is 3.42. The summed E-state index contributed by atoms with van der Waals surface area (Å²) in [5, 5.41) is 0. The Balaban J connectivity index is 3.56. The summed E-state index contributed by atoms with van der Waals surface area (Å²) < 4.78 is 10.0. The SMILES string of the molecule is CN(C)[CH]P(=O)(O)O. The topological polar surface area (TPSA) is 60.8 Å². The quantitative estimate of drug-likeness (QED) is 0.521. The van der Waals surface area contributed by atoms with Crippen LogP contribution in [-0.4, -0.2) is 28.8 Å². The fourth-order valence-electron chi connectivity index (χ4n) is 0.301. The van der Waals surface area contributed by atoms with E-state index in [9.17, 15) is 4.57 Å². The van der Waals surface area contributed by atoms with Crippen molar-refractivity contribution in [3.05, 3.63) is 6.29 Å². The van der Waals surface area contributed by atoms with E-state index in [1.807, 2.05) is 0 Å². The van der Waals surface area contributed by atoms with E-state index < -0.39 is 7.60 Å². The highest BCUT2D eigenvalue weighted by atomic mass is 31.2. The normalized spacial score (nSPS) is 12.6. The molecule has 49 valence electrons. The van der Waals surface area contributed by atoms with Gasteiger partial charge in [0, 0.05) is 0 Å². The van der Waals surface area contributed by atoms with Crippen LogP contribution in [-0.2, 0) is 4.57 Å². The minimum absolute atomic E-state index is 0.854. The van der Waals surface area contributed by atoms with Crippen molar-refractivity contribution in [2.75, 3.05) is 14.1 Å². The lowest BCUT2D eigenvalue weighted by Gasteiger charge is -2.08. The predicted molar refractivity (Wildman–Crippen MR) is 30.0 cm³/mol. The lowest BCUT2D eigenvalue weighted by molar-refractivity contribution is 0.360. The zero-order chi connectivity index (χ0) is 6.78. The molecule has 8 heavy (non-hydrogen) atoms. The van der Waals surface area contributed by atoms with Crippen molar-refractivity contribution >= 4 is 7.60 Å². The van der Waals surface area contributed by atoms with Crippen LogP contribution in [0.4, 0.5) is 0 Å². The van der Waals surface area contributed by atoms with Gasteiger partial charge in [0.25, 0.3) is 0 Å². The molecule has 0 unspecified atom stereocenters. The molecule has 0 aromatic heterocycles. The van der Waals surface area contributed by atoms with E-state index in [0.29, 0.717) is 0 Å². The molecule has 0 spiro atoms. The fraction of sp³-hybridized carbons (Fsp3) is 0.667. The largest absolute Gasteiger partial charge is 0.344 e. The molecule has 0 aromatic rings. The summed E-state index contributed by atoms with van der Waals surface area (Å²) >= 11 is 0. The Bertz CT molecular complexity index is 107.